The Labute approximate surface area is 254 Å². The van der Waals surface area contributed by atoms with Crippen molar-refractivity contribution in [3.63, 3.8) is 0 Å². The summed E-state index contributed by atoms with van der Waals surface area (Å²) in [6.45, 7) is 0. The maximum atomic E-state index is 12.9. The monoisotopic (exact) mass is 638 g/mol. The number of hydrogen-bond acceptors (Lipinski definition) is 5. The van der Waals surface area contributed by atoms with Crippen LogP contribution in [-0.2, 0) is 12.4 Å². The maximum Gasteiger partial charge on any atom is 0.416 e. The number of halogens is 6. The Morgan fingerprint density at radius 3 is 1.14 bits per heavy atom. The summed E-state index contributed by atoms with van der Waals surface area (Å²) in [5.41, 5.74) is -0.270. The van der Waals surface area contributed by atoms with Gasteiger partial charge in [0.1, 0.15) is 0 Å². The molecule has 0 N–H and O–H groups in total. The second kappa shape index (κ2) is 12.1. The molecule has 0 saturated carbocycles. The molecule has 3 heterocycles. The van der Waals surface area contributed by atoms with Gasteiger partial charge in [-0.2, -0.15) is 36.9 Å². The van der Waals surface area contributed by atoms with Crippen LogP contribution in [0.2, 0.25) is 0 Å². The van der Waals surface area contributed by atoms with E-state index in [2.05, 4.69) is 12.1 Å². The first-order chi connectivity index (χ1) is 20.4. The zero-order chi connectivity index (χ0) is 30.8. The van der Waals surface area contributed by atoms with Crippen molar-refractivity contribution in [2.24, 2.45) is 0 Å². The van der Waals surface area contributed by atoms with E-state index in [1.54, 1.807) is 23.5 Å². The van der Waals surface area contributed by atoms with E-state index in [4.69, 9.17) is 0 Å². The SMILES string of the molecule is N#C/C(=C\c1ccc(-c2ccc(-c3ccc(/C=C(\C#N)c4ccc(C(F)(F)F)cc4)s3)s2)s1)c1ccc(C(F)(F)F)cc1. The summed E-state index contributed by atoms with van der Waals surface area (Å²) in [6.07, 6.45) is -5.61. The van der Waals surface area contributed by atoms with E-state index in [-0.39, 0.29) is 11.1 Å². The molecule has 214 valence electrons. The largest absolute Gasteiger partial charge is 0.416 e. The number of nitriles is 2. The molecule has 5 rings (SSSR count). The van der Waals surface area contributed by atoms with Crippen molar-refractivity contribution in [3.05, 3.63) is 117 Å². The fourth-order valence-electron chi connectivity index (χ4n) is 4.05. The molecule has 3 aromatic heterocycles. The van der Waals surface area contributed by atoms with Crippen LogP contribution in [0.5, 0.6) is 0 Å². The van der Waals surface area contributed by atoms with Crippen molar-refractivity contribution in [3.8, 4) is 31.6 Å². The lowest BCUT2D eigenvalue weighted by Gasteiger charge is -2.07. The van der Waals surface area contributed by atoms with Gasteiger partial charge in [0, 0.05) is 29.3 Å². The van der Waals surface area contributed by atoms with Crippen LogP contribution in [0.15, 0.2) is 84.9 Å². The molecule has 0 atom stereocenters. The minimum atomic E-state index is -4.45. The van der Waals surface area contributed by atoms with Crippen LogP contribution in [-0.4, -0.2) is 0 Å². The van der Waals surface area contributed by atoms with E-state index in [0.717, 1.165) is 53.5 Å². The molecule has 0 aliphatic rings. The van der Waals surface area contributed by atoms with Gasteiger partial charge in [0.15, 0.2) is 0 Å². The molecule has 0 radical (unpaired) electrons. The minimum Gasteiger partial charge on any atom is -0.192 e. The van der Waals surface area contributed by atoms with Gasteiger partial charge in [0.2, 0.25) is 0 Å². The summed E-state index contributed by atoms with van der Waals surface area (Å²) in [5.74, 6) is 0. The summed E-state index contributed by atoms with van der Waals surface area (Å²) in [6, 6.07) is 24.5. The molecule has 0 aliphatic heterocycles. The Balaban J connectivity index is 1.32. The molecule has 0 fully saturated rings. The highest BCUT2D eigenvalue weighted by Crippen LogP contribution is 2.41. The summed E-state index contributed by atoms with van der Waals surface area (Å²) < 4.78 is 77.3. The summed E-state index contributed by atoms with van der Waals surface area (Å²) >= 11 is 4.45. The highest BCUT2D eigenvalue weighted by Gasteiger charge is 2.30. The average Bonchev–Trinajstić information content (AvgIpc) is 3.75. The number of nitrogens with zero attached hydrogens (tertiary/aromatic N) is 2. The van der Waals surface area contributed by atoms with E-state index < -0.39 is 23.5 Å². The Hall–Kier alpha value is -4.42. The van der Waals surface area contributed by atoms with Crippen molar-refractivity contribution in [1.29, 1.82) is 10.5 Å². The zero-order valence-corrected chi connectivity index (χ0v) is 24.1. The van der Waals surface area contributed by atoms with Crippen LogP contribution >= 0.6 is 34.0 Å². The second-order valence-electron chi connectivity index (χ2n) is 9.06. The Kier molecular flexibility index (Phi) is 8.43. The van der Waals surface area contributed by atoms with Crippen molar-refractivity contribution in [2.45, 2.75) is 12.4 Å². The molecular weight excluding hydrogens is 623 g/mol. The number of benzene rings is 2. The molecular formula is C32H16F6N2S3. The molecule has 0 amide bonds. The second-order valence-corrected chi connectivity index (χ2v) is 12.4. The number of thiophene rings is 3. The fourth-order valence-corrected chi connectivity index (χ4v) is 7.14. The smallest absolute Gasteiger partial charge is 0.192 e. The van der Waals surface area contributed by atoms with Crippen molar-refractivity contribution < 1.29 is 26.3 Å². The Bertz CT molecular complexity index is 1770. The lowest BCUT2D eigenvalue weighted by Crippen LogP contribution is -2.04. The van der Waals surface area contributed by atoms with Gasteiger partial charge < -0.3 is 0 Å². The molecule has 11 heteroatoms. The van der Waals surface area contributed by atoms with Gasteiger partial charge >= 0.3 is 12.4 Å². The summed E-state index contributed by atoms with van der Waals surface area (Å²) in [7, 11) is 0. The van der Waals surface area contributed by atoms with Gasteiger partial charge in [-0.05, 0) is 83.9 Å². The lowest BCUT2D eigenvalue weighted by atomic mass is 10.0. The van der Waals surface area contributed by atoms with Gasteiger partial charge in [-0.15, -0.1) is 34.0 Å². The first-order valence-corrected chi connectivity index (χ1v) is 14.8. The molecule has 5 aromatic rings. The van der Waals surface area contributed by atoms with E-state index in [1.807, 2.05) is 36.4 Å². The molecule has 0 aliphatic carbocycles. The topological polar surface area (TPSA) is 47.6 Å². The number of allylic oxidation sites excluding steroid dienone is 2. The van der Waals surface area contributed by atoms with Crippen LogP contribution in [0.3, 0.4) is 0 Å². The van der Waals surface area contributed by atoms with E-state index >= 15 is 0 Å². The zero-order valence-electron chi connectivity index (χ0n) is 21.6. The van der Waals surface area contributed by atoms with Gasteiger partial charge in [0.05, 0.1) is 34.4 Å². The van der Waals surface area contributed by atoms with Gasteiger partial charge in [-0.1, -0.05) is 24.3 Å². The first-order valence-electron chi connectivity index (χ1n) is 12.3. The Morgan fingerprint density at radius 1 is 0.488 bits per heavy atom. The van der Waals surface area contributed by atoms with Crippen LogP contribution in [0, 0.1) is 22.7 Å². The quantitative estimate of drug-likeness (QED) is 0.137. The van der Waals surface area contributed by atoms with E-state index in [0.29, 0.717) is 11.1 Å². The lowest BCUT2D eigenvalue weighted by molar-refractivity contribution is -0.138. The van der Waals surface area contributed by atoms with Crippen molar-refractivity contribution in [1.82, 2.24) is 0 Å². The average molecular weight is 639 g/mol. The summed E-state index contributed by atoms with van der Waals surface area (Å²) in [5, 5.41) is 19.2. The number of rotatable bonds is 6. The van der Waals surface area contributed by atoms with Crippen LogP contribution in [0.4, 0.5) is 26.3 Å². The van der Waals surface area contributed by atoms with Gasteiger partial charge in [-0.25, -0.2) is 0 Å². The molecule has 43 heavy (non-hydrogen) atoms. The van der Waals surface area contributed by atoms with Gasteiger partial charge in [0.25, 0.3) is 0 Å². The first kappa shape index (κ1) is 30.1. The van der Waals surface area contributed by atoms with Crippen LogP contribution < -0.4 is 0 Å². The third-order valence-electron chi connectivity index (χ3n) is 6.21. The third-order valence-corrected chi connectivity index (χ3v) is 9.75. The normalized spacial score (nSPS) is 12.7. The molecule has 0 saturated heterocycles. The van der Waals surface area contributed by atoms with E-state index in [1.165, 1.54) is 46.9 Å². The Morgan fingerprint density at radius 2 is 0.814 bits per heavy atom. The number of alkyl halides is 6. The van der Waals surface area contributed by atoms with Crippen molar-refractivity contribution in [2.75, 3.05) is 0 Å². The molecule has 2 nitrogen and oxygen atoms in total. The van der Waals surface area contributed by atoms with E-state index in [9.17, 15) is 36.9 Å². The van der Waals surface area contributed by atoms with Crippen LogP contribution in [0.25, 0.3) is 42.8 Å². The standard InChI is InChI=1S/C32H16F6N2S3/c33-31(34,35)23-5-1-19(2-6-23)21(17-39)15-25-9-11-27(41-25)29-13-14-30(43-29)28-12-10-26(42-28)16-22(18-40)20-3-7-24(8-4-20)32(36,37)38/h1-16H/b21-15+,22-16+. The molecule has 0 unspecified atom stereocenters. The molecule has 0 spiro atoms. The fraction of sp³-hybridized carbons (Fsp3) is 0.0625. The van der Waals surface area contributed by atoms with Gasteiger partial charge in [-0.3, -0.25) is 0 Å². The van der Waals surface area contributed by atoms with Crippen molar-refractivity contribution >= 4 is 57.3 Å². The molecule has 0 bridgehead atoms. The highest BCUT2D eigenvalue weighted by molar-refractivity contribution is 7.26. The summed E-state index contributed by atoms with van der Waals surface area (Å²) in [4.78, 5) is 5.44. The predicted molar refractivity (Wildman–Crippen MR) is 161 cm³/mol. The molecule has 2 aromatic carbocycles. The number of hydrogen-bond donors (Lipinski definition) is 0. The predicted octanol–water partition coefficient (Wildman–Crippen LogP) is 11.4. The highest BCUT2D eigenvalue weighted by atomic mass is 32.1. The maximum absolute atomic E-state index is 12.9. The third kappa shape index (κ3) is 6.98. The minimum absolute atomic E-state index is 0.251. The van der Waals surface area contributed by atoms with Crippen LogP contribution in [0.1, 0.15) is 32.0 Å².